The molecule has 1 aromatic heterocycles. The SMILES string of the molecule is CN(C)CC1=CCC=c2oc(-c3cccc(N)c3)nc2=N1. The number of oxazole rings is 1. The predicted molar refractivity (Wildman–Crippen MR) is 82.9 cm³/mol. The van der Waals surface area contributed by atoms with Gasteiger partial charge in [0, 0.05) is 17.8 Å². The highest BCUT2D eigenvalue weighted by molar-refractivity contribution is 5.59. The first-order valence-electron chi connectivity index (χ1n) is 6.87. The fourth-order valence-electron chi connectivity index (χ4n) is 2.24. The van der Waals surface area contributed by atoms with Crippen LogP contribution in [0.2, 0.25) is 0 Å². The zero-order chi connectivity index (χ0) is 14.8. The van der Waals surface area contributed by atoms with E-state index in [0.29, 0.717) is 17.1 Å². The van der Waals surface area contributed by atoms with Crippen molar-refractivity contribution in [3.63, 3.8) is 0 Å². The predicted octanol–water partition coefficient (Wildman–Crippen LogP) is 1.17. The second-order valence-corrected chi connectivity index (χ2v) is 5.32. The van der Waals surface area contributed by atoms with Gasteiger partial charge in [0.25, 0.3) is 0 Å². The number of anilines is 1. The quantitative estimate of drug-likeness (QED) is 0.858. The number of benzene rings is 1. The average Bonchev–Trinajstić information content (AvgIpc) is 2.72. The Kier molecular flexibility index (Phi) is 3.58. The molecule has 1 aromatic carbocycles. The third-order valence-corrected chi connectivity index (χ3v) is 3.15. The van der Waals surface area contributed by atoms with Gasteiger partial charge in [-0.05, 0) is 44.8 Å². The van der Waals surface area contributed by atoms with E-state index < -0.39 is 0 Å². The molecule has 0 amide bonds. The summed E-state index contributed by atoms with van der Waals surface area (Å²) in [4.78, 5) is 11.2. The van der Waals surface area contributed by atoms with E-state index in [-0.39, 0.29) is 0 Å². The molecule has 2 heterocycles. The number of hydrogen-bond acceptors (Lipinski definition) is 5. The van der Waals surface area contributed by atoms with E-state index in [1.54, 1.807) is 0 Å². The van der Waals surface area contributed by atoms with Crippen LogP contribution in [0.3, 0.4) is 0 Å². The zero-order valence-corrected chi connectivity index (χ0v) is 12.2. The van der Waals surface area contributed by atoms with Crippen molar-refractivity contribution in [2.45, 2.75) is 6.42 Å². The lowest BCUT2D eigenvalue weighted by atomic mass is 10.2. The molecule has 0 radical (unpaired) electrons. The molecule has 21 heavy (non-hydrogen) atoms. The molecule has 0 fully saturated rings. The summed E-state index contributed by atoms with van der Waals surface area (Å²) in [6, 6.07) is 7.50. The first kappa shape index (κ1) is 13.6. The Bertz CT molecular complexity index is 802. The topological polar surface area (TPSA) is 67.7 Å². The Labute approximate surface area is 123 Å². The van der Waals surface area contributed by atoms with Crippen LogP contribution >= 0.6 is 0 Å². The van der Waals surface area contributed by atoms with Gasteiger partial charge in [-0.25, -0.2) is 4.99 Å². The first-order chi connectivity index (χ1) is 10.1. The molecule has 5 heteroatoms. The van der Waals surface area contributed by atoms with E-state index in [2.05, 4.69) is 21.0 Å². The second-order valence-electron chi connectivity index (χ2n) is 5.32. The van der Waals surface area contributed by atoms with Crippen molar-refractivity contribution >= 4 is 11.8 Å². The number of allylic oxidation sites excluding steroid dienone is 1. The average molecular weight is 282 g/mol. The summed E-state index contributed by atoms with van der Waals surface area (Å²) < 4.78 is 5.82. The van der Waals surface area contributed by atoms with Gasteiger partial charge in [-0.2, -0.15) is 4.98 Å². The Morgan fingerprint density at radius 2 is 2.14 bits per heavy atom. The molecule has 0 unspecified atom stereocenters. The number of hydrogen-bond donors (Lipinski definition) is 1. The molecule has 0 atom stereocenters. The highest BCUT2D eigenvalue weighted by Gasteiger charge is 2.09. The standard InChI is InChI=1S/C16H18N4O/c1-20(2)10-13-7-4-8-14-15(18-13)19-16(21-14)11-5-3-6-12(17)9-11/h3,5-9H,4,10,17H2,1-2H3. The third kappa shape index (κ3) is 3.03. The molecule has 0 aliphatic carbocycles. The minimum Gasteiger partial charge on any atom is -0.435 e. The number of nitrogens with two attached hydrogens (primary N) is 1. The molecule has 1 aliphatic rings. The van der Waals surface area contributed by atoms with Crippen LogP contribution in [-0.4, -0.2) is 30.5 Å². The van der Waals surface area contributed by atoms with Crippen LogP contribution in [0.5, 0.6) is 0 Å². The Hall–Kier alpha value is -2.40. The van der Waals surface area contributed by atoms with Crippen molar-refractivity contribution < 1.29 is 4.42 Å². The van der Waals surface area contributed by atoms with Crippen LogP contribution in [0.15, 0.2) is 45.4 Å². The maximum absolute atomic E-state index is 5.82. The summed E-state index contributed by atoms with van der Waals surface area (Å²) in [5.41, 5.74) is 9.72. The summed E-state index contributed by atoms with van der Waals surface area (Å²) in [6.07, 6.45) is 4.90. The van der Waals surface area contributed by atoms with Crippen LogP contribution in [0.1, 0.15) is 6.42 Å². The number of nitrogen functional groups attached to an aromatic ring is 1. The summed E-state index contributed by atoms with van der Waals surface area (Å²) >= 11 is 0. The van der Waals surface area contributed by atoms with Crippen LogP contribution in [0.4, 0.5) is 5.69 Å². The molecule has 0 saturated carbocycles. The lowest BCUT2D eigenvalue weighted by molar-refractivity contribution is 0.442. The van der Waals surface area contributed by atoms with Crippen LogP contribution in [0, 0.1) is 0 Å². The summed E-state index contributed by atoms with van der Waals surface area (Å²) in [7, 11) is 4.04. The highest BCUT2D eigenvalue weighted by Crippen LogP contribution is 2.17. The fraction of sp³-hybridized carbons (Fsp3) is 0.250. The Morgan fingerprint density at radius 3 is 2.90 bits per heavy atom. The minimum atomic E-state index is 0.554. The van der Waals surface area contributed by atoms with Gasteiger partial charge in [0.2, 0.25) is 5.89 Å². The normalized spacial score (nSPS) is 14.0. The molecular weight excluding hydrogens is 264 g/mol. The lowest BCUT2D eigenvalue weighted by Gasteiger charge is -2.08. The van der Waals surface area contributed by atoms with Gasteiger partial charge < -0.3 is 15.1 Å². The summed E-state index contributed by atoms with van der Waals surface area (Å²) in [5.74, 6) is 0.554. The van der Waals surface area contributed by atoms with Crippen LogP contribution < -0.4 is 16.6 Å². The van der Waals surface area contributed by atoms with E-state index >= 15 is 0 Å². The van der Waals surface area contributed by atoms with Gasteiger partial charge in [-0.3, -0.25) is 0 Å². The molecule has 5 nitrogen and oxygen atoms in total. The smallest absolute Gasteiger partial charge is 0.228 e. The van der Waals surface area contributed by atoms with Gasteiger partial charge in [0.05, 0.1) is 5.70 Å². The highest BCUT2D eigenvalue weighted by atomic mass is 16.3. The number of rotatable bonds is 3. The Balaban J connectivity index is 2.04. The van der Waals surface area contributed by atoms with Crippen molar-refractivity contribution in [2.24, 2.45) is 4.99 Å². The van der Waals surface area contributed by atoms with Gasteiger partial charge in [0.1, 0.15) is 0 Å². The molecule has 2 N–H and O–H groups in total. The molecular formula is C16H18N4O. The number of likely N-dealkylation sites (N-methyl/N-ethyl adjacent to an activating group) is 1. The Morgan fingerprint density at radius 1 is 1.29 bits per heavy atom. The zero-order valence-electron chi connectivity index (χ0n) is 12.2. The molecule has 0 spiro atoms. The van der Waals surface area contributed by atoms with Gasteiger partial charge in [0.15, 0.2) is 10.9 Å². The maximum atomic E-state index is 5.82. The van der Waals surface area contributed by atoms with Gasteiger partial charge in [-0.15, -0.1) is 0 Å². The van der Waals surface area contributed by atoms with E-state index in [1.165, 1.54) is 0 Å². The van der Waals surface area contributed by atoms with E-state index in [0.717, 1.165) is 29.6 Å². The molecule has 3 rings (SSSR count). The van der Waals surface area contributed by atoms with Crippen LogP contribution in [0.25, 0.3) is 17.5 Å². The lowest BCUT2D eigenvalue weighted by Crippen LogP contribution is -2.23. The van der Waals surface area contributed by atoms with E-state index in [1.807, 2.05) is 44.4 Å². The van der Waals surface area contributed by atoms with Crippen molar-refractivity contribution in [1.82, 2.24) is 9.88 Å². The number of nitrogens with zero attached hydrogens (tertiary/aromatic N) is 3. The van der Waals surface area contributed by atoms with Crippen LogP contribution in [-0.2, 0) is 0 Å². The third-order valence-electron chi connectivity index (χ3n) is 3.15. The van der Waals surface area contributed by atoms with Crippen molar-refractivity contribution in [3.05, 3.63) is 46.9 Å². The van der Waals surface area contributed by atoms with Crippen molar-refractivity contribution in [2.75, 3.05) is 26.4 Å². The summed E-state index contributed by atoms with van der Waals surface area (Å²) in [5, 5.41) is 0. The molecule has 1 aliphatic heterocycles. The first-order valence-corrected chi connectivity index (χ1v) is 6.87. The van der Waals surface area contributed by atoms with E-state index in [9.17, 15) is 0 Å². The van der Waals surface area contributed by atoms with Crippen molar-refractivity contribution in [3.8, 4) is 11.5 Å². The maximum Gasteiger partial charge on any atom is 0.228 e. The second kappa shape index (κ2) is 5.54. The fourth-order valence-corrected chi connectivity index (χ4v) is 2.24. The van der Waals surface area contributed by atoms with E-state index in [4.69, 9.17) is 10.2 Å². The van der Waals surface area contributed by atoms with Crippen molar-refractivity contribution in [1.29, 1.82) is 0 Å². The summed E-state index contributed by atoms with van der Waals surface area (Å²) in [6.45, 7) is 0.785. The molecule has 108 valence electrons. The minimum absolute atomic E-state index is 0.554. The molecule has 0 saturated heterocycles. The number of aromatic nitrogens is 1. The van der Waals surface area contributed by atoms with Gasteiger partial charge in [-0.1, -0.05) is 12.1 Å². The monoisotopic (exact) mass is 282 g/mol. The largest absolute Gasteiger partial charge is 0.435 e. The molecule has 0 bridgehead atoms. The van der Waals surface area contributed by atoms with Gasteiger partial charge >= 0.3 is 0 Å². The molecule has 2 aromatic rings. The number of fused-ring (bicyclic) bond motifs is 1.